The van der Waals surface area contributed by atoms with Crippen LogP contribution in [-0.4, -0.2) is 33.4 Å². The van der Waals surface area contributed by atoms with E-state index in [-0.39, 0.29) is 15.4 Å². The van der Waals surface area contributed by atoms with Gasteiger partial charge in [-0.3, -0.25) is 9.78 Å². The minimum absolute atomic E-state index is 0.0136. The SMILES string of the molecule is COc1ccc(C(=O)c2cnc3ccccc3c2S(=O)(=O)c2ccc(OC)cc2)cc1. The summed E-state index contributed by atoms with van der Waals surface area (Å²) in [6, 6.07) is 19.4. The van der Waals surface area contributed by atoms with Crippen molar-refractivity contribution in [2.24, 2.45) is 0 Å². The van der Waals surface area contributed by atoms with Crippen LogP contribution in [0.5, 0.6) is 11.5 Å². The van der Waals surface area contributed by atoms with Crippen molar-refractivity contribution >= 4 is 26.5 Å². The predicted molar refractivity (Wildman–Crippen MR) is 117 cm³/mol. The molecule has 0 aliphatic carbocycles. The van der Waals surface area contributed by atoms with Crippen LogP contribution >= 0.6 is 0 Å². The maximum Gasteiger partial charge on any atom is 0.208 e. The number of carbonyl (C=O) groups is 1. The first-order valence-corrected chi connectivity index (χ1v) is 10.9. The van der Waals surface area contributed by atoms with Gasteiger partial charge in [0.05, 0.1) is 35.1 Å². The van der Waals surface area contributed by atoms with Gasteiger partial charge in [0, 0.05) is 17.1 Å². The Morgan fingerprint density at radius 3 is 2.00 bits per heavy atom. The van der Waals surface area contributed by atoms with E-state index in [1.54, 1.807) is 60.7 Å². The molecule has 6 nitrogen and oxygen atoms in total. The molecule has 0 fully saturated rings. The van der Waals surface area contributed by atoms with Crippen molar-refractivity contribution in [2.75, 3.05) is 14.2 Å². The first-order chi connectivity index (χ1) is 15.0. The third-order valence-corrected chi connectivity index (χ3v) is 6.83. The van der Waals surface area contributed by atoms with Crippen LogP contribution in [0.1, 0.15) is 15.9 Å². The molecule has 31 heavy (non-hydrogen) atoms. The number of rotatable bonds is 6. The summed E-state index contributed by atoms with van der Waals surface area (Å²) in [7, 11) is -0.991. The third kappa shape index (κ3) is 3.75. The third-order valence-electron chi connectivity index (χ3n) is 4.96. The Morgan fingerprint density at radius 1 is 0.806 bits per heavy atom. The fourth-order valence-electron chi connectivity index (χ4n) is 3.34. The van der Waals surface area contributed by atoms with E-state index >= 15 is 0 Å². The van der Waals surface area contributed by atoms with Crippen LogP contribution in [0.3, 0.4) is 0 Å². The molecule has 156 valence electrons. The highest BCUT2D eigenvalue weighted by atomic mass is 32.2. The second-order valence-corrected chi connectivity index (χ2v) is 8.64. The van der Waals surface area contributed by atoms with Gasteiger partial charge in [-0.25, -0.2) is 8.42 Å². The van der Waals surface area contributed by atoms with E-state index in [1.807, 2.05) is 0 Å². The predicted octanol–water partition coefficient (Wildman–Crippen LogP) is 4.32. The number of hydrogen-bond acceptors (Lipinski definition) is 6. The first-order valence-electron chi connectivity index (χ1n) is 9.41. The molecular formula is C24H19NO5S. The highest BCUT2D eigenvalue weighted by Crippen LogP contribution is 2.32. The molecule has 0 atom stereocenters. The van der Waals surface area contributed by atoms with Crippen molar-refractivity contribution < 1.29 is 22.7 Å². The van der Waals surface area contributed by atoms with Gasteiger partial charge in [-0.15, -0.1) is 0 Å². The molecule has 0 amide bonds. The lowest BCUT2D eigenvalue weighted by molar-refractivity contribution is 0.103. The average Bonchev–Trinajstić information content (AvgIpc) is 2.82. The Hall–Kier alpha value is -3.71. The molecule has 3 aromatic carbocycles. The largest absolute Gasteiger partial charge is 0.497 e. The fourth-order valence-corrected chi connectivity index (χ4v) is 4.97. The number of pyridine rings is 1. The standard InChI is InChI=1S/C24H19NO5S/c1-29-17-9-7-16(8-10-17)23(26)21-15-25-22-6-4-3-5-20(22)24(21)31(27,28)19-13-11-18(30-2)12-14-19/h3-15H,1-2H3. The van der Waals surface area contributed by atoms with E-state index < -0.39 is 15.6 Å². The lowest BCUT2D eigenvalue weighted by Gasteiger charge is -2.13. The molecule has 4 rings (SSSR count). The van der Waals surface area contributed by atoms with Crippen LogP contribution in [0.25, 0.3) is 10.9 Å². The molecule has 7 heteroatoms. The summed E-state index contributed by atoms with van der Waals surface area (Å²) in [5.74, 6) is 0.695. The van der Waals surface area contributed by atoms with Crippen LogP contribution in [-0.2, 0) is 9.84 Å². The summed E-state index contributed by atoms with van der Waals surface area (Å²) in [4.78, 5) is 17.6. The molecule has 0 saturated heterocycles. The molecule has 0 unspecified atom stereocenters. The van der Waals surface area contributed by atoms with Crippen molar-refractivity contribution in [3.8, 4) is 11.5 Å². The number of ether oxygens (including phenoxy) is 2. The van der Waals surface area contributed by atoms with Gasteiger partial charge in [-0.1, -0.05) is 18.2 Å². The van der Waals surface area contributed by atoms with Crippen LogP contribution in [0, 0.1) is 0 Å². The Balaban J connectivity index is 1.94. The van der Waals surface area contributed by atoms with Gasteiger partial charge in [-0.2, -0.15) is 0 Å². The average molecular weight is 433 g/mol. The quantitative estimate of drug-likeness (QED) is 0.421. The second-order valence-electron chi connectivity index (χ2n) is 6.75. The Kier molecular flexibility index (Phi) is 5.44. The van der Waals surface area contributed by atoms with Crippen LogP contribution < -0.4 is 9.47 Å². The Labute approximate surface area is 180 Å². The normalized spacial score (nSPS) is 11.3. The lowest BCUT2D eigenvalue weighted by Crippen LogP contribution is -2.12. The van der Waals surface area contributed by atoms with Gasteiger partial charge in [0.25, 0.3) is 0 Å². The first kappa shape index (κ1) is 20.6. The topological polar surface area (TPSA) is 82.6 Å². The molecule has 0 aliphatic rings. The number of para-hydroxylation sites is 1. The van der Waals surface area contributed by atoms with E-state index in [9.17, 15) is 13.2 Å². The minimum atomic E-state index is -4.03. The number of benzene rings is 3. The zero-order chi connectivity index (χ0) is 22.0. The maximum atomic E-state index is 13.7. The number of aromatic nitrogens is 1. The molecule has 0 N–H and O–H groups in total. The summed E-state index contributed by atoms with van der Waals surface area (Å²) in [5.41, 5.74) is 0.838. The Bertz CT molecular complexity index is 1360. The van der Waals surface area contributed by atoms with Gasteiger partial charge in [0.15, 0.2) is 5.78 Å². The Morgan fingerprint density at radius 2 is 1.39 bits per heavy atom. The van der Waals surface area contributed by atoms with E-state index in [0.29, 0.717) is 28.0 Å². The van der Waals surface area contributed by atoms with Crippen molar-refractivity contribution in [1.29, 1.82) is 0 Å². The summed E-state index contributed by atoms with van der Waals surface area (Å²) < 4.78 is 37.6. The molecule has 1 heterocycles. The van der Waals surface area contributed by atoms with Crippen LogP contribution in [0.2, 0.25) is 0 Å². The smallest absolute Gasteiger partial charge is 0.208 e. The van der Waals surface area contributed by atoms with E-state index in [0.717, 1.165) is 0 Å². The number of sulfone groups is 1. The van der Waals surface area contributed by atoms with E-state index in [2.05, 4.69) is 4.98 Å². The van der Waals surface area contributed by atoms with Crippen LogP contribution in [0.15, 0.2) is 88.8 Å². The number of fused-ring (bicyclic) bond motifs is 1. The number of hydrogen-bond donors (Lipinski definition) is 0. The summed E-state index contributed by atoms with van der Waals surface area (Å²) in [6.45, 7) is 0. The minimum Gasteiger partial charge on any atom is -0.497 e. The second kappa shape index (κ2) is 8.20. The van der Waals surface area contributed by atoms with Gasteiger partial charge < -0.3 is 9.47 Å². The summed E-state index contributed by atoms with van der Waals surface area (Å²) in [6.07, 6.45) is 1.32. The number of ketones is 1. The number of nitrogens with zero attached hydrogens (tertiary/aromatic N) is 1. The van der Waals surface area contributed by atoms with Crippen molar-refractivity contribution in [3.63, 3.8) is 0 Å². The van der Waals surface area contributed by atoms with Gasteiger partial charge in [0.1, 0.15) is 11.5 Å². The summed E-state index contributed by atoms with van der Waals surface area (Å²) in [5, 5.41) is 0.387. The molecule has 1 aromatic heterocycles. The number of methoxy groups -OCH3 is 2. The zero-order valence-corrected chi connectivity index (χ0v) is 17.7. The van der Waals surface area contributed by atoms with Crippen molar-refractivity contribution in [1.82, 2.24) is 4.98 Å². The molecule has 0 saturated carbocycles. The number of carbonyl (C=O) groups excluding carboxylic acids is 1. The van der Waals surface area contributed by atoms with Crippen LogP contribution in [0.4, 0.5) is 0 Å². The maximum absolute atomic E-state index is 13.7. The highest BCUT2D eigenvalue weighted by Gasteiger charge is 2.28. The van der Waals surface area contributed by atoms with Gasteiger partial charge >= 0.3 is 0 Å². The van der Waals surface area contributed by atoms with Gasteiger partial charge in [0.2, 0.25) is 9.84 Å². The van der Waals surface area contributed by atoms with Crippen molar-refractivity contribution in [2.45, 2.75) is 9.79 Å². The fraction of sp³-hybridized carbons (Fsp3) is 0.0833. The highest BCUT2D eigenvalue weighted by molar-refractivity contribution is 7.91. The molecule has 0 spiro atoms. The monoisotopic (exact) mass is 433 g/mol. The lowest BCUT2D eigenvalue weighted by atomic mass is 10.0. The van der Waals surface area contributed by atoms with E-state index in [4.69, 9.17) is 9.47 Å². The molecular weight excluding hydrogens is 414 g/mol. The summed E-state index contributed by atoms with van der Waals surface area (Å²) >= 11 is 0. The van der Waals surface area contributed by atoms with Gasteiger partial charge in [-0.05, 0) is 54.6 Å². The molecule has 4 aromatic rings. The zero-order valence-electron chi connectivity index (χ0n) is 16.9. The van der Waals surface area contributed by atoms with E-state index in [1.165, 1.54) is 32.5 Å². The molecule has 0 radical (unpaired) electrons. The van der Waals surface area contributed by atoms with Crippen molar-refractivity contribution in [3.05, 3.63) is 90.1 Å². The molecule has 0 aliphatic heterocycles. The molecule has 0 bridgehead atoms.